The third kappa shape index (κ3) is 1.25. The van der Waals surface area contributed by atoms with Gasteiger partial charge in [0.25, 0.3) is 0 Å². The number of aliphatic hydroxyl groups is 1. The number of hydrogen-bond donors (Lipinski definition) is 1. The van der Waals surface area contributed by atoms with Crippen LogP contribution in [0.1, 0.15) is 33.1 Å². The van der Waals surface area contributed by atoms with E-state index in [1.54, 1.807) is 0 Å². The van der Waals surface area contributed by atoms with E-state index < -0.39 is 6.29 Å². The van der Waals surface area contributed by atoms with Crippen LogP contribution >= 0.6 is 0 Å². The average molecular weight is 226 g/mol. The van der Waals surface area contributed by atoms with Crippen LogP contribution in [-0.4, -0.2) is 30.2 Å². The molecule has 2 heterocycles. The quantitative estimate of drug-likeness (QED) is 0.684. The van der Waals surface area contributed by atoms with Gasteiger partial charge < -0.3 is 14.6 Å². The van der Waals surface area contributed by atoms with Gasteiger partial charge in [-0.05, 0) is 42.9 Å². The Hall–Kier alpha value is -0.120. The minimum Gasteiger partial charge on any atom is -0.369 e. The van der Waals surface area contributed by atoms with E-state index in [0.29, 0.717) is 30.3 Å². The summed E-state index contributed by atoms with van der Waals surface area (Å²) in [4.78, 5) is 0. The van der Waals surface area contributed by atoms with Crippen LogP contribution < -0.4 is 0 Å². The summed E-state index contributed by atoms with van der Waals surface area (Å²) in [6.45, 7) is 5.99. The summed E-state index contributed by atoms with van der Waals surface area (Å²) in [5, 5.41) is 10.3. The molecule has 0 radical (unpaired) electrons. The van der Waals surface area contributed by atoms with Crippen molar-refractivity contribution < 1.29 is 14.6 Å². The highest BCUT2D eigenvalue weighted by Gasteiger charge is 2.62. The molecule has 1 spiro atoms. The Morgan fingerprint density at radius 3 is 2.62 bits per heavy atom. The second-order valence-electron chi connectivity index (χ2n) is 5.92. The summed E-state index contributed by atoms with van der Waals surface area (Å²) in [6.07, 6.45) is 2.84. The topological polar surface area (TPSA) is 38.7 Å². The third-order valence-electron chi connectivity index (χ3n) is 5.15. The Morgan fingerprint density at radius 1 is 1.06 bits per heavy atom. The lowest BCUT2D eigenvalue weighted by molar-refractivity contribution is -0.303. The first-order chi connectivity index (χ1) is 7.66. The van der Waals surface area contributed by atoms with Gasteiger partial charge in [0.05, 0.1) is 6.61 Å². The Balaban J connectivity index is 1.99. The monoisotopic (exact) mass is 226 g/mol. The highest BCUT2D eigenvalue weighted by molar-refractivity contribution is 5.07. The number of aliphatic hydroxyl groups excluding tert-OH is 1. The summed E-state index contributed by atoms with van der Waals surface area (Å²) in [6, 6.07) is 0. The van der Waals surface area contributed by atoms with Gasteiger partial charge in [-0.25, -0.2) is 0 Å². The van der Waals surface area contributed by atoms with Crippen LogP contribution in [0.15, 0.2) is 0 Å². The summed E-state index contributed by atoms with van der Waals surface area (Å²) in [7, 11) is 0. The molecule has 1 N–H and O–H groups in total. The number of ether oxygens (including phenoxy) is 2. The first-order valence-corrected chi connectivity index (χ1v) is 6.60. The molecule has 0 amide bonds. The molecular formula is C13H22O3. The van der Waals surface area contributed by atoms with Gasteiger partial charge in [0, 0.05) is 6.61 Å². The first kappa shape index (κ1) is 11.0. The van der Waals surface area contributed by atoms with Gasteiger partial charge in [-0.1, -0.05) is 13.8 Å². The highest BCUT2D eigenvalue weighted by Crippen LogP contribution is 2.55. The molecular weight excluding hydrogens is 204 g/mol. The van der Waals surface area contributed by atoms with Gasteiger partial charge in [-0.15, -0.1) is 0 Å². The summed E-state index contributed by atoms with van der Waals surface area (Å²) < 4.78 is 11.6. The van der Waals surface area contributed by atoms with Crippen molar-refractivity contribution >= 4 is 0 Å². The molecule has 0 aromatic heterocycles. The van der Waals surface area contributed by atoms with Crippen LogP contribution in [0.25, 0.3) is 0 Å². The molecule has 2 saturated heterocycles. The SMILES string of the molecule is C[C@@H]1CC[C@H]2[C@H](C)CO[C@H](O)[C@]23OCC[C@@H]13. The number of rotatable bonds is 0. The summed E-state index contributed by atoms with van der Waals surface area (Å²) >= 11 is 0. The van der Waals surface area contributed by atoms with E-state index in [9.17, 15) is 5.11 Å². The fourth-order valence-electron chi connectivity index (χ4n) is 4.33. The minimum absolute atomic E-state index is 0.380. The zero-order valence-corrected chi connectivity index (χ0v) is 10.2. The molecule has 2 aliphatic heterocycles. The zero-order valence-electron chi connectivity index (χ0n) is 10.2. The van der Waals surface area contributed by atoms with Crippen molar-refractivity contribution in [2.75, 3.05) is 13.2 Å². The molecule has 3 aliphatic rings. The van der Waals surface area contributed by atoms with Gasteiger partial charge in [0.15, 0.2) is 6.29 Å². The zero-order chi connectivity index (χ0) is 11.3. The van der Waals surface area contributed by atoms with Gasteiger partial charge in [-0.2, -0.15) is 0 Å². The van der Waals surface area contributed by atoms with Crippen LogP contribution in [0, 0.1) is 23.7 Å². The van der Waals surface area contributed by atoms with E-state index in [4.69, 9.17) is 9.47 Å². The van der Waals surface area contributed by atoms with Crippen LogP contribution in [0.4, 0.5) is 0 Å². The predicted molar refractivity (Wildman–Crippen MR) is 59.8 cm³/mol. The van der Waals surface area contributed by atoms with Crippen LogP contribution in [0.3, 0.4) is 0 Å². The Labute approximate surface area is 97.1 Å². The predicted octanol–water partition coefficient (Wildman–Crippen LogP) is 1.79. The van der Waals surface area contributed by atoms with Crippen molar-refractivity contribution in [2.24, 2.45) is 23.7 Å². The molecule has 0 bridgehead atoms. The smallest absolute Gasteiger partial charge is 0.184 e. The molecule has 0 aromatic carbocycles. The average Bonchev–Trinajstić information content (AvgIpc) is 2.70. The van der Waals surface area contributed by atoms with Crippen molar-refractivity contribution in [3.05, 3.63) is 0 Å². The maximum Gasteiger partial charge on any atom is 0.184 e. The first-order valence-electron chi connectivity index (χ1n) is 6.60. The molecule has 3 nitrogen and oxygen atoms in total. The minimum atomic E-state index is -0.705. The maximum absolute atomic E-state index is 10.3. The van der Waals surface area contributed by atoms with E-state index in [1.165, 1.54) is 12.8 Å². The van der Waals surface area contributed by atoms with Crippen molar-refractivity contribution in [3.63, 3.8) is 0 Å². The van der Waals surface area contributed by atoms with Crippen LogP contribution in [0.2, 0.25) is 0 Å². The van der Waals surface area contributed by atoms with E-state index in [1.807, 2.05) is 0 Å². The van der Waals surface area contributed by atoms with Crippen molar-refractivity contribution in [2.45, 2.75) is 45.0 Å². The van der Waals surface area contributed by atoms with E-state index in [0.717, 1.165) is 13.0 Å². The lowest BCUT2D eigenvalue weighted by Crippen LogP contribution is -2.63. The van der Waals surface area contributed by atoms with Crippen molar-refractivity contribution in [1.82, 2.24) is 0 Å². The van der Waals surface area contributed by atoms with E-state index >= 15 is 0 Å². The molecule has 92 valence electrons. The third-order valence-corrected chi connectivity index (χ3v) is 5.15. The highest BCUT2D eigenvalue weighted by atomic mass is 16.6. The normalized spacial score (nSPS) is 56.8. The van der Waals surface area contributed by atoms with Crippen molar-refractivity contribution in [1.29, 1.82) is 0 Å². The Bertz CT molecular complexity index is 280. The lowest BCUT2D eigenvalue weighted by Gasteiger charge is -2.54. The molecule has 3 heteroatoms. The van der Waals surface area contributed by atoms with E-state index in [-0.39, 0.29) is 5.60 Å². The van der Waals surface area contributed by atoms with Crippen molar-refractivity contribution in [3.8, 4) is 0 Å². The van der Waals surface area contributed by atoms with Crippen LogP contribution in [0.5, 0.6) is 0 Å². The molecule has 3 rings (SSSR count). The van der Waals surface area contributed by atoms with E-state index in [2.05, 4.69) is 13.8 Å². The molecule has 3 fully saturated rings. The molecule has 1 saturated carbocycles. The fraction of sp³-hybridized carbons (Fsp3) is 1.00. The standard InChI is InChI=1S/C13H22O3/c1-8-3-4-10-9(2)7-15-12(14)13(10)11(8)5-6-16-13/h8-12,14H,3-7H2,1-2H3/t8-,9-,10+,11+,12+,13+/m1/s1. The molecule has 0 aromatic rings. The van der Waals surface area contributed by atoms with Gasteiger partial charge >= 0.3 is 0 Å². The van der Waals surface area contributed by atoms with Crippen LogP contribution in [-0.2, 0) is 9.47 Å². The second kappa shape index (κ2) is 3.69. The molecule has 0 unspecified atom stereocenters. The fourth-order valence-corrected chi connectivity index (χ4v) is 4.33. The van der Waals surface area contributed by atoms with Gasteiger partial charge in [0.2, 0.25) is 0 Å². The lowest BCUT2D eigenvalue weighted by atomic mass is 9.59. The number of hydrogen-bond acceptors (Lipinski definition) is 3. The molecule has 1 aliphatic carbocycles. The molecule has 16 heavy (non-hydrogen) atoms. The summed E-state index contributed by atoms with van der Waals surface area (Å²) in [5.74, 6) is 2.14. The largest absolute Gasteiger partial charge is 0.369 e. The Kier molecular flexibility index (Phi) is 2.54. The van der Waals surface area contributed by atoms with Gasteiger partial charge in [-0.3, -0.25) is 0 Å². The summed E-state index contributed by atoms with van der Waals surface area (Å²) in [5.41, 5.74) is -0.380. The van der Waals surface area contributed by atoms with Gasteiger partial charge in [0.1, 0.15) is 5.60 Å². The Morgan fingerprint density at radius 2 is 1.81 bits per heavy atom. The maximum atomic E-state index is 10.3. The second-order valence-corrected chi connectivity index (χ2v) is 5.92. The molecule has 6 atom stereocenters.